The van der Waals surface area contributed by atoms with E-state index in [1.54, 1.807) is 16.5 Å². The van der Waals surface area contributed by atoms with Gasteiger partial charge >= 0.3 is 0 Å². The minimum atomic E-state index is -0.896. The van der Waals surface area contributed by atoms with Crippen molar-refractivity contribution in [1.29, 1.82) is 0 Å². The quantitative estimate of drug-likeness (QED) is 0.642. The molecule has 0 atom stereocenters. The van der Waals surface area contributed by atoms with Gasteiger partial charge in [0.05, 0.1) is 5.69 Å². The molecular formula is C22H24F2N6O. The van der Waals surface area contributed by atoms with E-state index in [1.807, 2.05) is 26.0 Å². The van der Waals surface area contributed by atoms with Crippen LogP contribution in [-0.4, -0.2) is 56.7 Å². The molecule has 1 aromatic carbocycles. The molecule has 0 radical (unpaired) electrons. The number of carbonyl (C=O) groups excluding carboxylic acids is 1. The third-order valence-corrected chi connectivity index (χ3v) is 5.40. The van der Waals surface area contributed by atoms with Crippen molar-refractivity contribution in [3.63, 3.8) is 0 Å². The second-order valence-corrected chi connectivity index (χ2v) is 7.72. The molecule has 2 aromatic heterocycles. The number of piperazine rings is 1. The lowest BCUT2D eigenvalue weighted by molar-refractivity contribution is -0.129. The Morgan fingerprint density at radius 3 is 2.39 bits per heavy atom. The van der Waals surface area contributed by atoms with E-state index in [4.69, 9.17) is 0 Å². The van der Waals surface area contributed by atoms with Crippen molar-refractivity contribution in [3.05, 3.63) is 64.7 Å². The highest BCUT2D eigenvalue weighted by Crippen LogP contribution is 2.21. The molecule has 31 heavy (non-hydrogen) atoms. The Balaban J connectivity index is 1.71. The second-order valence-electron chi connectivity index (χ2n) is 7.72. The van der Waals surface area contributed by atoms with E-state index in [1.165, 1.54) is 12.1 Å². The van der Waals surface area contributed by atoms with Crippen LogP contribution in [-0.2, 0) is 11.2 Å². The van der Waals surface area contributed by atoms with Crippen LogP contribution >= 0.6 is 0 Å². The summed E-state index contributed by atoms with van der Waals surface area (Å²) >= 11 is 0. The minimum absolute atomic E-state index is 0.0490. The topological polar surface area (TPSA) is 67.2 Å². The predicted molar refractivity (Wildman–Crippen MR) is 112 cm³/mol. The Bertz CT molecular complexity index is 1120. The lowest BCUT2D eigenvalue weighted by atomic mass is 10.1. The number of rotatable bonds is 4. The van der Waals surface area contributed by atoms with Gasteiger partial charge in [-0.25, -0.2) is 23.4 Å². The SMILES string of the molecule is CC(=O)N1CCN(c2cc(-n3nc(C)cc3C)nc(Cc3cccc(F)c3F)n2)CC1. The number of aryl methyl sites for hydroxylation is 2. The first-order valence-corrected chi connectivity index (χ1v) is 10.2. The highest BCUT2D eigenvalue weighted by molar-refractivity contribution is 5.73. The molecule has 0 aliphatic carbocycles. The molecule has 3 aromatic rings. The molecule has 4 rings (SSSR count). The molecule has 0 unspecified atom stereocenters. The Labute approximate surface area is 179 Å². The van der Waals surface area contributed by atoms with Gasteiger partial charge in [0.2, 0.25) is 5.91 Å². The summed E-state index contributed by atoms with van der Waals surface area (Å²) in [4.78, 5) is 24.7. The van der Waals surface area contributed by atoms with Crippen LogP contribution in [0.5, 0.6) is 0 Å². The smallest absolute Gasteiger partial charge is 0.219 e. The predicted octanol–water partition coefficient (Wildman–Crippen LogP) is 2.82. The summed E-state index contributed by atoms with van der Waals surface area (Å²) in [6, 6.07) is 7.88. The van der Waals surface area contributed by atoms with Gasteiger partial charge in [-0.3, -0.25) is 4.79 Å². The standard InChI is InChI=1S/C22H24F2N6O/c1-14-11-15(2)30(27-14)21-13-20(29-9-7-28(8-10-29)16(3)31)25-19(26-21)12-17-5-4-6-18(23)22(17)24/h4-6,11,13H,7-10,12H2,1-3H3. The molecule has 1 aliphatic heterocycles. The maximum absolute atomic E-state index is 14.3. The zero-order chi connectivity index (χ0) is 22.1. The number of carbonyl (C=O) groups is 1. The fourth-order valence-electron chi connectivity index (χ4n) is 3.79. The van der Waals surface area contributed by atoms with Gasteiger partial charge in [0, 0.05) is 51.3 Å². The van der Waals surface area contributed by atoms with Gasteiger partial charge in [0.25, 0.3) is 0 Å². The normalized spacial score (nSPS) is 14.2. The minimum Gasteiger partial charge on any atom is -0.353 e. The van der Waals surface area contributed by atoms with Crippen molar-refractivity contribution in [3.8, 4) is 5.82 Å². The summed E-state index contributed by atoms with van der Waals surface area (Å²) in [7, 11) is 0. The Morgan fingerprint density at radius 2 is 1.74 bits per heavy atom. The summed E-state index contributed by atoms with van der Waals surface area (Å²) in [5, 5.41) is 4.50. The van der Waals surface area contributed by atoms with E-state index in [2.05, 4.69) is 20.0 Å². The molecule has 1 fully saturated rings. The molecule has 0 N–H and O–H groups in total. The molecule has 1 saturated heterocycles. The molecule has 9 heteroatoms. The van der Waals surface area contributed by atoms with Crippen LogP contribution < -0.4 is 4.90 Å². The Kier molecular flexibility index (Phi) is 5.67. The van der Waals surface area contributed by atoms with Gasteiger partial charge in [0.15, 0.2) is 17.5 Å². The number of benzene rings is 1. The average Bonchev–Trinajstić information content (AvgIpc) is 3.09. The van der Waals surface area contributed by atoms with Crippen molar-refractivity contribution in [2.24, 2.45) is 0 Å². The number of nitrogens with zero attached hydrogens (tertiary/aromatic N) is 6. The molecule has 1 aliphatic rings. The van der Waals surface area contributed by atoms with E-state index in [0.29, 0.717) is 43.6 Å². The summed E-state index contributed by atoms with van der Waals surface area (Å²) in [5.41, 5.74) is 1.95. The number of aromatic nitrogens is 4. The molecule has 1 amide bonds. The average molecular weight is 426 g/mol. The third-order valence-electron chi connectivity index (χ3n) is 5.40. The Hall–Kier alpha value is -3.36. The van der Waals surface area contributed by atoms with E-state index in [9.17, 15) is 13.6 Å². The first-order valence-electron chi connectivity index (χ1n) is 10.2. The molecular weight excluding hydrogens is 402 g/mol. The van der Waals surface area contributed by atoms with Crippen LogP contribution in [0.1, 0.15) is 29.7 Å². The first kappa shape index (κ1) is 20.9. The van der Waals surface area contributed by atoms with Crippen molar-refractivity contribution in [1.82, 2.24) is 24.6 Å². The van der Waals surface area contributed by atoms with Crippen LogP contribution in [0.25, 0.3) is 5.82 Å². The van der Waals surface area contributed by atoms with Crippen molar-refractivity contribution in [2.75, 3.05) is 31.1 Å². The lowest BCUT2D eigenvalue weighted by Crippen LogP contribution is -2.48. The van der Waals surface area contributed by atoms with E-state index in [-0.39, 0.29) is 17.9 Å². The molecule has 7 nitrogen and oxygen atoms in total. The number of hydrogen-bond donors (Lipinski definition) is 0. The van der Waals surface area contributed by atoms with Crippen LogP contribution in [0.15, 0.2) is 30.3 Å². The second kappa shape index (κ2) is 8.41. The fourth-order valence-corrected chi connectivity index (χ4v) is 3.79. The van der Waals surface area contributed by atoms with Crippen molar-refractivity contribution < 1.29 is 13.6 Å². The van der Waals surface area contributed by atoms with E-state index >= 15 is 0 Å². The van der Waals surface area contributed by atoms with E-state index < -0.39 is 11.6 Å². The number of anilines is 1. The Morgan fingerprint density at radius 1 is 1.03 bits per heavy atom. The highest BCUT2D eigenvalue weighted by atomic mass is 19.2. The molecule has 162 valence electrons. The fraction of sp³-hybridized carbons (Fsp3) is 0.364. The maximum atomic E-state index is 14.3. The number of hydrogen-bond acceptors (Lipinski definition) is 5. The molecule has 0 spiro atoms. The van der Waals surface area contributed by atoms with Crippen LogP contribution in [0, 0.1) is 25.5 Å². The van der Waals surface area contributed by atoms with E-state index in [0.717, 1.165) is 17.5 Å². The monoisotopic (exact) mass is 426 g/mol. The summed E-state index contributed by atoms with van der Waals surface area (Å²) < 4.78 is 29.7. The number of amides is 1. The molecule has 3 heterocycles. The summed E-state index contributed by atoms with van der Waals surface area (Å²) in [6.07, 6.45) is 0.0527. The van der Waals surface area contributed by atoms with Crippen molar-refractivity contribution in [2.45, 2.75) is 27.2 Å². The summed E-state index contributed by atoms with van der Waals surface area (Å²) in [6.45, 7) is 7.84. The summed E-state index contributed by atoms with van der Waals surface area (Å²) in [5.74, 6) is -0.123. The third kappa shape index (κ3) is 4.40. The maximum Gasteiger partial charge on any atom is 0.219 e. The zero-order valence-corrected chi connectivity index (χ0v) is 17.8. The van der Waals surface area contributed by atoms with Gasteiger partial charge < -0.3 is 9.80 Å². The van der Waals surface area contributed by atoms with Gasteiger partial charge in [0.1, 0.15) is 11.6 Å². The van der Waals surface area contributed by atoms with Crippen LogP contribution in [0.2, 0.25) is 0 Å². The molecule has 0 bridgehead atoms. The van der Waals surface area contributed by atoms with Crippen LogP contribution in [0.4, 0.5) is 14.6 Å². The van der Waals surface area contributed by atoms with Gasteiger partial charge in [-0.2, -0.15) is 5.10 Å². The molecule has 0 saturated carbocycles. The van der Waals surface area contributed by atoms with Gasteiger partial charge in [-0.1, -0.05) is 12.1 Å². The lowest BCUT2D eigenvalue weighted by Gasteiger charge is -2.35. The number of halogens is 2. The first-order chi connectivity index (χ1) is 14.8. The highest BCUT2D eigenvalue weighted by Gasteiger charge is 2.22. The van der Waals surface area contributed by atoms with Gasteiger partial charge in [-0.15, -0.1) is 0 Å². The zero-order valence-electron chi connectivity index (χ0n) is 17.8. The van der Waals surface area contributed by atoms with Crippen LogP contribution in [0.3, 0.4) is 0 Å². The largest absolute Gasteiger partial charge is 0.353 e. The van der Waals surface area contributed by atoms with Crippen molar-refractivity contribution >= 4 is 11.7 Å². The van der Waals surface area contributed by atoms with Gasteiger partial charge in [-0.05, 0) is 31.5 Å².